The van der Waals surface area contributed by atoms with Gasteiger partial charge in [-0.15, -0.1) is 0 Å². The Balaban J connectivity index is 2.05. The average Bonchev–Trinajstić information content (AvgIpc) is 2.35. The molecule has 1 aliphatic carbocycles. The van der Waals surface area contributed by atoms with Crippen molar-refractivity contribution in [2.24, 2.45) is 11.7 Å². The Labute approximate surface area is 70.8 Å². The maximum atomic E-state index is 11.7. The summed E-state index contributed by atoms with van der Waals surface area (Å²) in [5, 5.41) is 2.69. The molecular formula is C8H14F2N2. The van der Waals surface area contributed by atoms with Crippen molar-refractivity contribution in [2.45, 2.75) is 18.9 Å². The summed E-state index contributed by atoms with van der Waals surface area (Å²) in [6, 6.07) is 0.114. The van der Waals surface area contributed by atoms with Crippen molar-refractivity contribution in [3.8, 4) is 0 Å². The van der Waals surface area contributed by atoms with E-state index in [0.29, 0.717) is 12.5 Å². The molecule has 2 nitrogen and oxygen atoms in total. The molecule has 0 radical (unpaired) electrons. The molecule has 1 aliphatic rings. The van der Waals surface area contributed by atoms with Crippen LogP contribution in [-0.2, 0) is 0 Å². The molecule has 2 atom stereocenters. The molecule has 0 saturated heterocycles. The first-order valence-corrected chi connectivity index (χ1v) is 4.11. The van der Waals surface area contributed by atoms with E-state index in [0.717, 1.165) is 6.42 Å². The predicted molar refractivity (Wildman–Crippen MR) is 44.1 cm³/mol. The lowest BCUT2D eigenvalue weighted by Crippen LogP contribution is -2.27. The van der Waals surface area contributed by atoms with Gasteiger partial charge in [0.2, 0.25) is 0 Å². The van der Waals surface area contributed by atoms with Crippen molar-refractivity contribution in [1.29, 1.82) is 0 Å². The minimum Gasteiger partial charge on any atom is -0.324 e. The van der Waals surface area contributed by atoms with Crippen LogP contribution in [0.3, 0.4) is 0 Å². The molecule has 2 unspecified atom stereocenters. The van der Waals surface area contributed by atoms with E-state index in [4.69, 9.17) is 5.73 Å². The molecule has 0 bridgehead atoms. The van der Waals surface area contributed by atoms with Gasteiger partial charge in [-0.2, -0.15) is 0 Å². The highest BCUT2D eigenvalue weighted by Crippen LogP contribution is 2.14. The second-order valence-corrected chi connectivity index (χ2v) is 3.09. The van der Waals surface area contributed by atoms with Crippen molar-refractivity contribution in [2.75, 3.05) is 13.1 Å². The highest BCUT2D eigenvalue weighted by Gasteiger charge is 2.15. The number of halogens is 2. The van der Waals surface area contributed by atoms with Crippen molar-refractivity contribution in [3.05, 3.63) is 12.2 Å². The van der Waals surface area contributed by atoms with Crippen LogP contribution in [0.4, 0.5) is 8.78 Å². The normalized spacial score (nSPS) is 28.7. The SMILES string of the molecule is NC1C=CC(CNCC(F)F)C1. The topological polar surface area (TPSA) is 38.0 Å². The molecule has 0 saturated carbocycles. The first-order chi connectivity index (χ1) is 5.68. The molecule has 4 heteroatoms. The summed E-state index contributed by atoms with van der Waals surface area (Å²) in [5.74, 6) is 0.332. The minimum absolute atomic E-state index is 0.114. The highest BCUT2D eigenvalue weighted by atomic mass is 19.3. The van der Waals surface area contributed by atoms with Crippen LogP contribution < -0.4 is 11.1 Å². The number of nitrogens with two attached hydrogens (primary N) is 1. The largest absolute Gasteiger partial charge is 0.324 e. The van der Waals surface area contributed by atoms with Gasteiger partial charge in [0, 0.05) is 12.6 Å². The smallest absolute Gasteiger partial charge is 0.250 e. The lowest BCUT2D eigenvalue weighted by atomic mass is 10.1. The zero-order valence-electron chi connectivity index (χ0n) is 6.84. The second kappa shape index (κ2) is 4.52. The van der Waals surface area contributed by atoms with Gasteiger partial charge >= 0.3 is 0 Å². The standard InChI is InChI=1S/C8H14F2N2/c9-8(10)5-12-4-6-1-2-7(11)3-6/h1-2,6-8,12H,3-5,11H2. The molecule has 12 heavy (non-hydrogen) atoms. The predicted octanol–water partition coefficient (Wildman–Crippen LogP) is 0.744. The van der Waals surface area contributed by atoms with Gasteiger partial charge in [-0.1, -0.05) is 12.2 Å². The van der Waals surface area contributed by atoms with Gasteiger partial charge in [0.1, 0.15) is 0 Å². The van der Waals surface area contributed by atoms with Crippen LogP contribution in [-0.4, -0.2) is 25.6 Å². The second-order valence-electron chi connectivity index (χ2n) is 3.09. The summed E-state index contributed by atoms with van der Waals surface area (Å²) in [6.45, 7) is 0.383. The minimum atomic E-state index is -2.26. The Morgan fingerprint density at radius 1 is 1.50 bits per heavy atom. The van der Waals surface area contributed by atoms with Crippen molar-refractivity contribution in [3.63, 3.8) is 0 Å². The van der Waals surface area contributed by atoms with E-state index in [1.54, 1.807) is 0 Å². The van der Waals surface area contributed by atoms with Crippen LogP contribution in [0.1, 0.15) is 6.42 Å². The third-order valence-electron chi connectivity index (χ3n) is 1.91. The Bertz CT molecular complexity index is 159. The Hall–Kier alpha value is -0.480. The monoisotopic (exact) mass is 176 g/mol. The number of rotatable bonds is 4. The number of nitrogens with one attached hydrogen (secondary N) is 1. The molecule has 0 fully saturated rings. The molecule has 70 valence electrons. The number of alkyl halides is 2. The first-order valence-electron chi connectivity index (χ1n) is 4.11. The molecule has 0 spiro atoms. The lowest BCUT2D eigenvalue weighted by molar-refractivity contribution is 0.145. The van der Waals surface area contributed by atoms with Crippen LogP contribution in [0, 0.1) is 5.92 Å². The molecule has 0 aromatic rings. The van der Waals surface area contributed by atoms with Gasteiger partial charge in [-0.05, 0) is 12.3 Å². The highest BCUT2D eigenvalue weighted by molar-refractivity contribution is 5.04. The summed E-state index contributed by atoms with van der Waals surface area (Å²) < 4.78 is 23.4. The molecule has 3 N–H and O–H groups in total. The summed E-state index contributed by atoms with van der Waals surface area (Å²) in [5.41, 5.74) is 5.59. The fourth-order valence-electron chi connectivity index (χ4n) is 1.34. The maximum absolute atomic E-state index is 11.7. The molecule has 0 amide bonds. The average molecular weight is 176 g/mol. The van der Waals surface area contributed by atoms with Crippen molar-refractivity contribution < 1.29 is 8.78 Å². The van der Waals surface area contributed by atoms with E-state index < -0.39 is 6.43 Å². The first kappa shape index (κ1) is 9.61. The van der Waals surface area contributed by atoms with Crippen molar-refractivity contribution >= 4 is 0 Å². The van der Waals surface area contributed by atoms with Gasteiger partial charge in [-0.3, -0.25) is 0 Å². The molecule has 0 heterocycles. The molecule has 1 rings (SSSR count). The fourth-order valence-corrected chi connectivity index (χ4v) is 1.34. The van der Waals surface area contributed by atoms with E-state index in [9.17, 15) is 8.78 Å². The summed E-state index contributed by atoms with van der Waals surface area (Å²) in [7, 11) is 0. The molecular weight excluding hydrogens is 162 g/mol. The third-order valence-corrected chi connectivity index (χ3v) is 1.91. The van der Waals surface area contributed by atoms with E-state index in [1.807, 2.05) is 12.2 Å². The molecule has 0 aromatic heterocycles. The number of hydrogen-bond donors (Lipinski definition) is 2. The van der Waals surface area contributed by atoms with Crippen LogP contribution in [0.2, 0.25) is 0 Å². The Morgan fingerprint density at radius 2 is 2.25 bits per heavy atom. The van der Waals surface area contributed by atoms with Gasteiger partial charge in [-0.25, -0.2) is 8.78 Å². The van der Waals surface area contributed by atoms with Gasteiger partial charge in [0.25, 0.3) is 6.43 Å². The number of hydrogen-bond acceptors (Lipinski definition) is 2. The lowest BCUT2D eigenvalue weighted by Gasteiger charge is -2.09. The quantitative estimate of drug-likeness (QED) is 0.620. The van der Waals surface area contributed by atoms with E-state index in [-0.39, 0.29) is 12.6 Å². The fraction of sp³-hybridized carbons (Fsp3) is 0.750. The van der Waals surface area contributed by atoms with Gasteiger partial charge in [0.15, 0.2) is 0 Å². The van der Waals surface area contributed by atoms with Crippen LogP contribution >= 0.6 is 0 Å². The summed E-state index contributed by atoms with van der Waals surface area (Å²) >= 11 is 0. The molecule has 0 aliphatic heterocycles. The van der Waals surface area contributed by atoms with Gasteiger partial charge in [0.05, 0.1) is 6.54 Å². The molecule has 0 aromatic carbocycles. The maximum Gasteiger partial charge on any atom is 0.250 e. The summed E-state index contributed by atoms with van der Waals surface area (Å²) in [4.78, 5) is 0. The van der Waals surface area contributed by atoms with E-state index in [1.165, 1.54) is 0 Å². The Morgan fingerprint density at radius 3 is 2.75 bits per heavy atom. The van der Waals surface area contributed by atoms with E-state index >= 15 is 0 Å². The van der Waals surface area contributed by atoms with E-state index in [2.05, 4.69) is 5.32 Å². The van der Waals surface area contributed by atoms with Crippen LogP contribution in [0.25, 0.3) is 0 Å². The third kappa shape index (κ3) is 3.28. The van der Waals surface area contributed by atoms with Crippen molar-refractivity contribution in [1.82, 2.24) is 5.32 Å². The van der Waals surface area contributed by atoms with Crippen LogP contribution in [0.5, 0.6) is 0 Å². The van der Waals surface area contributed by atoms with Crippen LogP contribution in [0.15, 0.2) is 12.2 Å². The zero-order valence-corrected chi connectivity index (χ0v) is 6.84. The zero-order chi connectivity index (χ0) is 8.97. The summed E-state index contributed by atoms with van der Waals surface area (Å²) in [6.07, 6.45) is 2.53. The van der Waals surface area contributed by atoms with Gasteiger partial charge < -0.3 is 11.1 Å². The Kier molecular flexibility index (Phi) is 3.62.